The summed E-state index contributed by atoms with van der Waals surface area (Å²) in [6.07, 6.45) is 2.60. The van der Waals surface area contributed by atoms with Gasteiger partial charge in [-0.2, -0.15) is 0 Å². The van der Waals surface area contributed by atoms with Crippen LogP contribution in [0.1, 0.15) is 33.6 Å². The van der Waals surface area contributed by atoms with E-state index in [0.717, 1.165) is 12.5 Å². The van der Waals surface area contributed by atoms with Crippen molar-refractivity contribution in [1.82, 2.24) is 10.2 Å². The Labute approximate surface area is 83.7 Å². The molecule has 80 valence electrons. The van der Waals surface area contributed by atoms with Gasteiger partial charge in [0, 0.05) is 6.04 Å². The zero-order valence-corrected chi connectivity index (χ0v) is 9.93. The summed E-state index contributed by atoms with van der Waals surface area (Å²) >= 11 is 0. The van der Waals surface area contributed by atoms with Crippen LogP contribution in [0.3, 0.4) is 0 Å². The van der Waals surface area contributed by atoms with E-state index in [1.807, 2.05) is 7.05 Å². The molecule has 0 aromatic rings. The van der Waals surface area contributed by atoms with Gasteiger partial charge in [0.15, 0.2) is 0 Å². The molecule has 2 nitrogen and oxygen atoms in total. The largest absolute Gasteiger partial charge is 0.319 e. The van der Waals surface area contributed by atoms with Crippen molar-refractivity contribution < 1.29 is 0 Å². The molecule has 0 aliphatic rings. The molecule has 0 aliphatic carbocycles. The van der Waals surface area contributed by atoms with Gasteiger partial charge in [-0.25, -0.2) is 0 Å². The average Bonchev–Trinajstić information content (AvgIpc) is 2.13. The van der Waals surface area contributed by atoms with Gasteiger partial charge >= 0.3 is 0 Å². The van der Waals surface area contributed by atoms with E-state index in [-0.39, 0.29) is 0 Å². The molecule has 0 heterocycles. The maximum Gasteiger partial charge on any atom is 0.0102 e. The molecule has 0 amide bonds. The normalized spacial score (nSPS) is 16.2. The van der Waals surface area contributed by atoms with Crippen molar-refractivity contribution in [2.75, 3.05) is 27.2 Å². The highest BCUT2D eigenvalue weighted by Gasteiger charge is 2.15. The quantitative estimate of drug-likeness (QED) is 0.654. The zero-order valence-electron chi connectivity index (χ0n) is 9.93. The molecule has 2 heteroatoms. The maximum absolute atomic E-state index is 3.23. The van der Waals surface area contributed by atoms with Crippen molar-refractivity contribution in [2.45, 2.75) is 39.7 Å². The topological polar surface area (TPSA) is 15.3 Å². The van der Waals surface area contributed by atoms with Gasteiger partial charge in [-0.3, -0.25) is 0 Å². The fourth-order valence-electron chi connectivity index (χ4n) is 1.54. The number of hydrogen-bond acceptors (Lipinski definition) is 2. The van der Waals surface area contributed by atoms with Crippen LogP contribution in [0.25, 0.3) is 0 Å². The lowest BCUT2D eigenvalue weighted by Crippen LogP contribution is -2.38. The van der Waals surface area contributed by atoms with E-state index >= 15 is 0 Å². The van der Waals surface area contributed by atoms with Crippen molar-refractivity contribution in [3.8, 4) is 0 Å². The average molecular weight is 186 g/mol. The first-order chi connectivity index (χ1) is 6.13. The van der Waals surface area contributed by atoms with E-state index in [9.17, 15) is 0 Å². The summed E-state index contributed by atoms with van der Waals surface area (Å²) in [6.45, 7) is 9.21. The van der Waals surface area contributed by atoms with Crippen molar-refractivity contribution in [3.05, 3.63) is 0 Å². The number of rotatable bonds is 7. The van der Waals surface area contributed by atoms with Gasteiger partial charge in [0.2, 0.25) is 0 Å². The monoisotopic (exact) mass is 186 g/mol. The standard InChI is InChI=1S/C11H26N2/c1-6-7-8-13(5)11(3)10(2)9-12-4/h10-12H,6-9H2,1-5H3. The molecule has 0 aliphatic heterocycles. The number of nitrogens with one attached hydrogen (secondary N) is 1. The highest BCUT2D eigenvalue weighted by atomic mass is 15.1. The third-order valence-corrected chi connectivity index (χ3v) is 2.91. The van der Waals surface area contributed by atoms with Gasteiger partial charge in [0.1, 0.15) is 0 Å². The molecule has 0 spiro atoms. The molecular formula is C11H26N2. The molecule has 0 rings (SSSR count). The van der Waals surface area contributed by atoms with Crippen molar-refractivity contribution in [1.29, 1.82) is 0 Å². The number of unbranched alkanes of at least 4 members (excludes halogenated alkanes) is 1. The Morgan fingerprint density at radius 3 is 2.38 bits per heavy atom. The van der Waals surface area contributed by atoms with Crippen LogP contribution in [-0.2, 0) is 0 Å². The Morgan fingerprint density at radius 2 is 1.92 bits per heavy atom. The van der Waals surface area contributed by atoms with Crippen LogP contribution in [0.2, 0.25) is 0 Å². The fraction of sp³-hybridized carbons (Fsp3) is 1.00. The van der Waals surface area contributed by atoms with Gasteiger partial charge in [-0.05, 0) is 46.4 Å². The van der Waals surface area contributed by atoms with Gasteiger partial charge < -0.3 is 10.2 Å². The molecule has 0 bridgehead atoms. The van der Waals surface area contributed by atoms with E-state index in [4.69, 9.17) is 0 Å². The lowest BCUT2D eigenvalue weighted by atomic mass is 10.0. The molecule has 2 atom stereocenters. The molecular weight excluding hydrogens is 160 g/mol. The molecule has 0 saturated carbocycles. The van der Waals surface area contributed by atoms with E-state index < -0.39 is 0 Å². The molecule has 0 aromatic carbocycles. The summed E-state index contributed by atoms with van der Waals surface area (Å²) < 4.78 is 0. The lowest BCUT2D eigenvalue weighted by Gasteiger charge is -2.29. The van der Waals surface area contributed by atoms with Crippen LogP contribution in [0.4, 0.5) is 0 Å². The highest BCUT2D eigenvalue weighted by Crippen LogP contribution is 2.08. The van der Waals surface area contributed by atoms with Crippen molar-refractivity contribution in [2.24, 2.45) is 5.92 Å². The van der Waals surface area contributed by atoms with Crippen LogP contribution < -0.4 is 5.32 Å². The molecule has 0 saturated heterocycles. The van der Waals surface area contributed by atoms with Gasteiger partial charge in [0.05, 0.1) is 0 Å². The highest BCUT2D eigenvalue weighted by molar-refractivity contribution is 4.71. The summed E-state index contributed by atoms with van der Waals surface area (Å²) in [6, 6.07) is 0.680. The molecule has 13 heavy (non-hydrogen) atoms. The molecule has 0 aromatic heterocycles. The van der Waals surface area contributed by atoms with Crippen LogP contribution in [-0.4, -0.2) is 38.1 Å². The first kappa shape index (κ1) is 12.9. The maximum atomic E-state index is 3.23. The Morgan fingerprint density at radius 1 is 1.31 bits per heavy atom. The Kier molecular flexibility index (Phi) is 7.29. The van der Waals surface area contributed by atoms with Crippen LogP contribution in [0.15, 0.2) is 0 Å². The van der Waals surface area contributed by atoms with E-state index in [0.29, 0.717) is 6.04 Å². The Bertz CT molecular complexity index is 115. The molecule has 2 unspecified atom stereocenters. The molecule has 1 N–H and O–H groups in total. The molecule has 0 radical (unpaired) electrons. The van der Waals surface area contributed by atoms with Gasteiger partial charge in [-0.1, -0.05) is 20.3 Å². The fourth-order valence-corrected chi connectivity index (χ4v) is 1.54. The SMILES string of the molecule is CCCCN(C)C(C)C(C)CNC. The van der Waals surface area contributed by atoms with Crippen molar-refractivity contribution >= 4 is 0 Å². The van der Waals surface area contributed by atoms with E-state index in [2.05, 4.69) is 38.0 Å². The van der Waals surface area contributed by atoms with Crippen LogP contribution in [0, 0.1) is 5.92 Å². The predicted molar refractivity (Wildman–Crippen MR) is 60.1 cm³/mol. The Hall–Kier alpha value is -0.0800. The van der Waals surface area contributed by atoms with Crippen molar-refractivity contribution in [3.63, 3.8) is 0 Å². The summed E-state index contributed by atoms with van der Waals surface area (Å²) in [5.74, 6) is 0.729. The third kappa shape index (κ3) is 5.27. The second-order valence-corrected chi connectivity index (χ2v) is 4.11. The smallest absolute Gasteiger partial charge is 0.0102 e. The summed E-state index contributed by atoms with van der Waals surface area (Å²) in [7, 11) is 4.25. The minimum absolute atomic E-state index is 0.680. The van der Waals surface area contributed by atoms with E-state index in [1.54, 1.807) is 0 Å². The molecule has 0 fully saturated rings. The first-order valence-corrected chi connectivity index (χ1v) is 5.48. The zero-order chi connectivity index (χ0) is 10.3. The number of nitrogens with zero attached hydrogens (tertiary/aromatic N) is 1. The number of hydrogen-bond donors (Lipinski definition) is 1. The summed E-state index contributed by atoms with van der Waals surface area (Å²) in [5.41, 5.74) is 0. The minimum Gasteiger partial charge on any atom is -0.319 e. The predicted octanol–water partition coefficient (Wildman–Crippen LogP) is 1.96. The van der Waals surface area contributed by atoms with Crippen LogP contribution >= 0.6 is 0 Å². The second kappa shape index (κ2) is 7.34. The summed E-state index contributed by atoms with van der Waals surface area (Å²) in [4.78, 5) is 2.46. The first-order valence-electron chi connectivity index (χ1n) is 5.48. The minimum atomic E-state index is 0.680. The van der Waals surface area contributed by atoms with Crippen LogP contribution in [0.5, 0.6) is 0 Å². The lowest BCUT2D eigenvalue weighted by molar-refractivity contribution is 0.195. The third-order valence-electron chi connectivity index (χ3n) is 2.91. The van der Waals surface area contributed by atoms with E-state index in [1.165, 1.54) is 19.4 Å². The summed E-state index contributed by atoms with van der Waals surface area (Å²) in [5, 5.41) is 3.23. The Balaban J connectivity index is 3.71. The van der Waals surface area contributed by atoms with Gasteiger partial charge in [0.25, 0.3) is 0 Å². The second-order valence-electron chi connectivity index (χ2n) is 4.11. The van der Waals surface area contributed by atoms with Gasteiger partial charge in [-0.15, -0.1) is 0 Å².